The fourth-order valence-corrected chi connectivity index (χ4v) is 3.51. The number of likely N-dealkylation sites (N-methyl/N-ethyl adjacent to an activating group) is 1. The maximum Gasteiger partial charge on any atom is 0.247 e. The summed E-state index contributed by atoms with van der Waals surface area (Å²) in [5, 5.41) is 14.1. The lowest BCUT2D eigenvalue weighted by Gasteiger charge is -2.28. The average Bonchev–Trinajstić information content (AvgIpc) is 3.23. The predicted molar refractivity (Wildman–Crippen MR) is 87.0 cm³/mol. The first-order chi connectivity index (χ1) is 11.4. The fourth-order valence-electron chi connectivity index (χ4n) is 3.51. The lowest BCUT2D eigenvalue weighted by Crippen LogP contribution is -2.47. The minimum Gasteiger partial charge on any atom is -0.347 e. The Morgan fingerprint density at radius 1 is 1.33 bits per heavy atom. The highest BCUT2D eigenvalue weighted by molar-refractivity contribution is 5.93. The van der Waals surface area contributed by atoms with Crippen molar-refractivity contribution < 1.29 is 19.6 Å². The van der Waals surface area contributed by atoms with E-state index in [-0.39, 0.29) is 18.2 Å². The molecular weight excluding hydrogens is 312 g/mol. The van der Waals surface area contributed by atoms with Gasteiger partial charge in [0.25, 0.3) is 0 Å². The van der Waals surface area contributed by atoms with Gasteiger partial charge in [-0.15, -0.1) is 0 Å². The summed E-state index contributed by atoms with van der Waals surface area (Å²) in [5.41, 5.74) is 1.59. The lowest BCUT2D eigenvalue weighted by atomic mass is 9.89. The van der Waals surface area contributed by atoms with Crippen molar-refractivity contribution >= 4 is 23.9 Å². The zero-order valence-electron chi connectivity index (χ0n) is 14.3. The third-order valence-electron chi connectivity index (χ3n) is 4.78. The van der Waals surface area contributed by atoms with Crippen molar-refractivity contribution in [1.82, 2.24) is 15.4 Å². The largest absolute Gasteiger partial charge is 0.347 e. The molecule has 134 valence electrons. The normalized spacial score (nSPS) is 21.8. The summed E-state index contributed by atoms with van der Waals surface area (Å²) in [6.45, 7) is 0. The molecule has 1 aliphatic heterocycles. The van der Waals surface area contributed by atoms with Gasteiger partial charge >= 0.3 is 0 Å². The molecule has 3 amide bonds. The second-order valence-corrected chi connectivity index (χ2v) is 6.79. The van der Waals surface area contributed by atoms with Crippen LogP contribution in [0, 0.1) is 11.8 Å². The molecule has 8 nitrogen and oxygen atoms in total. The molecule has 24 heavy (non-hydrogen) atoms. The molecule has 1 saturated carbocycles. The minimum atomic E-state index is -0.643. The fraction of sp³-hybridized carbons (Fsp3) is 0.750. The monoisotopic (exact) mass is 338 g/mol. The number of hydrogen-bond acceptors (Lipinski definition) is 5. The quantitative estimate of drug-likeness (QED) is 0.551. The summed E-state index contributed by atoms with van der Waals surface area (Å²) in [6, 6.07) is -0.643. The molecule has 0 saturated heterocycles. The highest BCUT2D eigenvalue weighted by Gasteiger charge is 2.38. The standard InChI is InChI=1S/C16H26N4O4/c1-19(2)16(23)13-7-8-17-20(13)15(22)12(10-14(21)18-24)9-11-5-3-4-6-11/h8,11-13,24H,3-7,9-10H2,1-2H3,(H,18,21). The molecule has 8 heteroatoms. The van der Waals surface area contributed by atoms with E-state index in [0.717, 1.165) is 25.7 Å². The van der Waals surface area contributed by atoms with E-state index < -0.39 is 17.9 Å². The van der Waals surface area contributed by atoms with Crippen molar-refractivity contribution in [2.24, 2.45) is 16.9 Å². The summed E-state index contributed by atoms with van der Waals surface area (Å²) in [4.78, 5) is 38.2. The van der Waals surface area contributed by atoms with Crippen LogP contribution in [0.15, 0.2) is 5.10 Å². The summed E-state index contributed by atoms with van der Waals surface area (Å²) in [5.74, 6) is -1.27. The molecular formula is C16H26N4O4. The minimum absolute atomic E-state index is 0.0965. The predicted octanol–water partition coefficient (Wildman–Crippen LogP) is 0.753. The Bertz CT molecular complexity index is 514. The molecule has 0 radical (unpaired) electrons. The van der Waals surface area contributed by atoms with Gasteiger partial charge in [0.15, 0.2) is 0 Å². The third-order valence-corrected chi connectivity index (χ3v) is 4.78. The Morgan fingerprint density at radius 3 is 2.58 bits per heavy atom. The van der Waals surface area contributed by atoms with Crippen LogP contribution in [-0.4, -0.2) is 59.2 Å². The second kappa shape index (κ2) is 8.23. The Balaban J connectivity index is 2.11. The van der Waals surface area contributed by atoms with Gasteiger partial charge in [0.2, 0.25) is 17.7 Å². The van der Waals surface area contributed by atoms with Crippen LogP contribution in [-0.2, 0) is 14.4 Å². The summed E-state index contributed by atoms with van der Waals surface area (Å²) in [7, 11) is 3.27. The first kappa shape index (κ1) is 18.4. The molecule has 0 bridgehead atoms. The number of carbonyl (C=O) groups is 3. The van der Waals surface area contributed by atoms with Crippen molar-refractivity contribution in [2.45, 2.75) is 51.0 Å². The van der Waals surface area contributed by atoms with E-state index in [1.807, 2.05) is 0 Å². The van der Waals surface area contributed by atoms with Crippen molar-refractivity contribution in [3.05, 3.63) is 0 Å². The lowest BCUT2D eigenvalue weighted by molar-refractivity contribution is -0.148. The van der Waals surface area contributed by atoms with Crippen LogP contribution in [0.1, 0.15) is 44.9 Å². The smallest absolute Gasteiger partial charge is 0.247 e. The highest BCUT2D eigenvalue weighted by atomic mass is 16.5. The first-order valence-corrected chi connectivity index (χ1v) is 8.43. The maximum absolute atomic E-state index is 12.9. The van der Waals surface area contributed by atoms with Crippen molar-refractivity contribution in [1.29, 1.82) is 0 Å². The molecule has 0 spiro atoms. The van der Waals surface area contributed by atoms with E-state index in [9.17, 15) is 14.4 Å². The van der Waals surface area contributed by atoms with Gasteiger partial charge in [-0.3, -0.25) is 19.6 Å². The zero-order chi connectivity index (χ0) is 17.7. The number of hydrogen-bond donors (Lipinski definition) is 2. The van der Waals surface area contributed by atoms with Gasteiger partial charge in [-0.1, -0.05) is 25.7 Å². The summed E-state index contributed by atoms with van der Waals surface area (Å²) in [6.07, 6.45) is 6.81. The summed E-state index contributed by atoms with van der Waals surface area (Å²) >= 11 is 0. The third kappa shape index (κ3) is 4.31. The number of nitrogens with zero attached hydrogens (tertiary/aromatic N) is 3. The van der Waals surface area contributed by atoms with Crippen LogP contribution in [0.3, 0.4) is 0 Å². The van der Waals surface area contributed by atoms with E-state index in [1.165, 1.54) is 9.91 Å². The number of rotatable bonds is 6. The number of hydroxylamine groups is 1. The van der Waals surface area contributed by atoms with Crippen LogP contribution >= 0.6 is 0 Å². The van der Waals surface area contributed by atoms with Gasteiger partial charge in [0, 0.05) is 39.1 Å². The molecule has 2 atom stereocenters. The molecule has 2 unspecified atom stereocenters. The number of amides is 3. The van der Waals surface area contributed by atoms with Gasteiger partial charge in [0.05, 0.1) is 0 Å². The topological polar surface area (TPSA) is 102 Å². The summed E-state index contributed by atoms with van der Waals surface area (Å²) < 4.78 is 0. The van der Waals surface area contributed by atoms with E-state index in [2.05, 4.69) is 5.10 Å². The Hall–Kier alpha value is -1.96. The molecule has 1 heterocycles. The second-order valence-electron chi connectivity index (χ2n) is 6.79. The number of carbonyl (C=O) groups excluding carboxylic acids is 3. The van der Waals surface area contributed by atoms with Gasteiger partial charge < -0.3 is 4.90 Å². The van der Waals surface area contributed by atoms with E-state index >= 15 is 0 Å². The molecule has 2 N–H and O–H groups in total. The van der Waals surface area contributed by atoms with Crippen LogP contribution < -0.4 is 5.48 Å². The van der Waals surface area contributed by atoms with Gasteiger partial charge in [-0.05, 0) is 12.3 Å². The SMILES string of the molecule is CN(C)C(=O)C1CC=NN1C(=O)C(CC(=O)NO)CC1CCCC1. The Labute approximate surface area is 141 Å². The van der Waals surface area contributed by atoms with E-state index in [4.69, 9.17) is 5.21 Å². The molecule has 0 aromatic carbocycles. The Kier molecular flexibility index (Phi) is 6.30. The first-order valence-electron chi connectivity index (χ1n) is 8.43. The molecule has 2 rings (SSSR count). The molecule has 1 aliphatic carbocycles. The van der Waals surface area contributed by atoms with Gasteiger partial charge in [0.1, 0.15) is 6.04 Å². The molecule has 2 aliphatic rings. The maximum atomic E-state index is 12.9. The van der Waals surface area contributed by atoms with Crippen LogP contribution in [0.25, 0.3) is 0 Å². The van der Waals surface area contributed by atoms with Crippen LogP contribution in [0.5, 0.6) is 0 Å². The highest BCUT2D eigenvalue weighted by Crippen LogP contribution is 2.33. The van der Waals surface area contributed by atoms with E-state index in [1.54, 1.807) is 25.8 Å². The van der Waals surface area contributed by atoms with Crippen LogP contribution in [0.4, 0.5) is 0 Å². The molecule has 0 aromatic heterocycles. The number of nitrogens with one attached hydrogen (secondary N) is 1. The van der Waals surface area contributed by atoms with Crippen molar-refractivity contribution in [3.63, 3.8) is 0 Å². The molecule has 0 aromatic rings. The van der Waals surface area contributed by atoms with E-state index in [0.29, 0.717) is 18.8 Å². The molecule has 1 fully saturated rings. The van der Waals surface area contributed by atoms with Crippen molar-refractivity contribution in [2.75, 3.05) is 14.1 Å². The Morgan fingerprint density at radius 2 is 2.00 bits per heavy atom. The van der Waals surface area contributed by atoms with Gasteiger partial charge in [-0.25, -0.2) is 10.5 Å². The average molecular weight is 338 g/mol. The number of hydrazone groups is 1. The van der Waals surface area contributed by atoms with Gasteiger partial charge in [-0.2, -0.15) is 5.10 Å². The zero-order valence-corrected chi connectivity index (χ0v) is 14.3. The van der Waals surface area contributed by atoms with Crippen LogP contribution in [0.2, 0.25) is 0 Å². The van der Waals surface area contributed by atoms with Crippen molar-refractivity contribution in [3.8, 4) is 0 Å².